The molecule has 1 aliphatic rings. The number of hydrogen-bond donors (Lipinski definition) is 1. The third kappa shape index (κ3) is 3.23. The Morgan fingerprint density at radius 2 is 1.92 bits per heavy atom. The van der Waals surface area contributed by atoms with Gasteiger partial charge in [0.25, 0.3) is 5.91 Å². The molecule has 1 N–H and O–H groups in total. The molecule has 0 spiro atoms. The van der Waals surface area contributed by atoms with Gasteiger partial charge < -0.3 is 14.2 Å². The van der Waals surface area contributed by atoms with Gasteiger partial charge >= 0.3 is 0 Å². The first kappa shape index (κ1) is 16.1. The largest absolute Gasteiger partial charge is 0.467 e. The van der Waals surface area contributed by atoms with Gasteiger partial charge in [-0.2, -0.15) is 5.10 Å². The van der Waals surface area contributed by atoms with E-state index < -0.39 is 0 Å². The van der Waals surface area contributed by atoms with Crippen molar-refractivity contribution in [2.45, 2.75) is 12.5 Å². The number of anilines is 1. The van der Waals surface area contributed by atoms with E-state index in [0.29, 0.717) is 29.3 Å². The van der Waals surface area contributed by atoms with Crippen molar-refractivity contribution in [3.63, 3.8) is 0 Å². The van der Waals surface area contributed by atoms with Gasteiger partial charge in [0, 0.05) is 12.1 Å². The Bertz CT molecular complexity index is 902. The number of nitrogens with zero attached hydrogens (tertiary/aromatic N) is 2. The monoisotopic (exact) mass is 353 g/mol. The topological polar surface area (TPSA) is 71.0 Å². The predicted octanol–water partition coefficient (Wildman–Crippen LogP) is 3.80. The summed E-state index contributed by atoms with van der Waals surface area (Å²) in [6, 6.07) is 12.7. The van der Waals surface area contributed by atoms with E-state index in [1.165, 1.54) is 17.1 Å². The smallest absolute Gasteiger partial charge is 0.262 e. The highest BCUT2D eigenvalue weighted by atomic mass is 19.1. The Labute approximate surface area is 148 Å². The lowest BCUT2D eigenvalue weighted by molar-refractivity contribution is -0.131. The van der Waals surface area contributed by atoms with Crippen molar-refractivity contribution in [1.82, 2.24) is 5.01 Å². The van der Waals surface area contributed by atoms with Crippen molar-refractivity contribution in [1.29, 1.82) is 0 Å². The summed E-state index contributed by atoms with van der Waals surface area (Å²) in [5.74, 6) is 0.734. The standard InChI is InChI=1S/C19H16FN3O3/c20-13-5-7-14(8-6-13)21-12-19(24)23-16(18-4-2-10-26-18)11-15(22-23)17-3-1-9-25-17/h1-10,16,21H,11-12H2/t16-/m1/s1. The summed E-state index contributed by atoms with van der Waals surface area (Å²) < 4.78 is 23.9. The van der Waals surface area contributed by atoms with Gasteiger partial charge in [-0.15, -0.1) is 0 Å². The minimum absolute atomic E-state index is 0.0256. The number of hydrogen-bond acceptors (Lipinski definition) is 5. The Kier molecular flexibility index (Phi) is 4.27. The normalized spacial score (nSPS) is 16.6. The summed E-state index contributed by atoms with van der Waals surface area (Å²) in [7, 11) is 0. The summed E-state index contributed by atoms with van der Waals surface area (Å²) in [6.45, 7) is 0.0256. The molecule has 7 heteroatoms. The molecule has 3 heterocycles. The van der Waals surface area contributed by atoms with Gasteiger partial charge in [-0.05, 0) is 48.5 Å². The van der Waals surface area contributed by atoms with Crippen molar-refractivity contribution >= 4 is 17.3 Å². The zero-order valence-corrected chi connectivity index (χ0v) is 13.8. The van der Waals surface area contributed by atoms with Gasteiger partial charge in [-0.1, -0.05) is 0 Å². The fraction of sp³-hybridized carbons (Fsp3) is 0.158. The predicted molar refractivity (Wildman–Crippen MR) is 93.0 cm³/mol. The van der Waals surface area contributed by atoms with Crippen molar-refractivity contribution in [2.75, 3.05) is 11.9 Å². The second-order valence-corrected chi connectivity index (χ2v) is 5.86. The first-order valence-corrected chi connectivity index (χ1v) is 8.17. The van der Waals surface area contributed by atoms with E-state index in [0.717, 1.165) is 0 Å². The van der Waals surface area contributed by atoms with Gasteiger partial charge in [-0.25, -0.2) is 9.40 Å². The molecule has 1 aliphatic heterocycles. The minimum atomic E-state index is -0.327. The lowest BCUT2D eigenvalue weighted by Gasteiger charge is -2.20. The highest BCUT2D eigenvalue weighted by Gasteiger charge is 2.35. The van der Waals surface area contributed by atoms with Crippen LogP contribution in [0.3, 0.4) is 0 Å². The number of rotatable bonds is 5. The van der Waals surface area contributed by atoms with Gasteiger partial charge in [0.15, 0.2) is 0 Å². The van der Waals surface area contributed by atoms with Crippen molar-refractivity contribution in [3.8, 4) is 0 Å². The molecule has 0 aliphatic carbocycles. The van der Waals surface area contributed by atoms with Crippen molar-refractivity contribution in [2.24, 2.45) is 5.10 Å². The zero-order chi connectivity index (χ0) is 17.9. The molecule has 0 saturated carbocycles. The highest BCUT2D eigenvalue weighted by Crippen LogP contribution is 2.33. The van der Waals surface area contributed by atoms with Crippen LogP contribution in [0.4, 0.5) is 10.1 Å². The van der Waals surface area contributed by atoms with Crippen LogP contribution < -0.4 is 5.32 Å². The molecule has 1 atom stereocenters. The molecule has 0 saturated heterocycles. The van der Waals surface area contributed by atoms with Crippen LogP contribution >= 0.6 is 0 Å². The first-order chi connectivity index (χ1) is 12.7. The molecule has 2 aromatic heterocycles. The highest BCUT2D eigenvalue weighted by molar-refractivity contribution is 6.01. The fourth-order valence-corrected chi connectivity index (χ4v) is 2.86. The maximum Gasteiger partial charge on any atom is 0.262 e. The van der Waals surface area contributed by atoms with Crippen LogP contribution in [-0.2, 0) is 4.79 Å². The van der Waals surface area contributed by atoms with E-state index in [1.807, 2.05) is 12.1 Å². The zero-order valence-electron chi connectivity index (χ0n) is 13.8. The van der Waals surface area contributed by atoms with Crippen LogP contribution in [0, 0.1) is 5.82 Å². The van der Waals surface area contributed by atoms with Crippen molar-refractivity contribution in [3.05, 3.63) is 78.4 Å². The minimum Gasteiger partial charge on any atom is -0.467 e. The van der Waals surface area contributed by atoms with E-state index >= 15 is 0 Å². The Hall–Kier alpha value is -3.35. The van der Waals surface area contributed by atoms with Crippen LogP contribution in [0.2, 0.25) is 0 Å². The summed E-state index contributed by atoms with van der Waals surface area (Å²) >= 11 is 0. The molecular weight excluding hydrogens is 337 g/mol. The van der Waals surface area contributed by atoms with E-state index in [4.69, 9.17) is 8.83 Å². The number of furan rings is 2. The second kappa shape index (κ2) is 6.87. The van der Waals surface area contributed by atoms with Crippen LogP contribution in [-0.4, -0.2) is 23.2 Å². The number of amides is 1. The number of carbonyl (C=O) groups is 1. The quantitative estimate of drug-likeness (QED) is 0.757. The van der Waals surface area contributed by atoms with E-state index in [1.54, 1.807) is 36.8 Å². The number of halogens is 1. The first-order valence-electron chi connectivity index (χ1n) is 8.17. The van der Waals surface area contributed by atoms with Crippen LogP contribution in [0.25, 0.3) is 0 Å². The summed E-state index contributed by atoms with van der Waals surface area (Å²) in [6.07, 6.45) is 3.64. The molecule has 3 aromatic rings. The van der Waals surface area contributed by atoms with Gasteiger partial charge in [0.05, 0.1) is 19.1 Å². The number of carbonyl (C=O) groups excluding carboxylic acids is 1. The lowest BCUT2D eigenvalue weighted by atomic mass is 10.1. The van der Waals surface area contributed by atoms with Crippen molar-refractivity contribution < 1.29 is 18.0 Å². The average Bonchev–Trinajstić information content (AvgIpc) is 3.41. The Morgan fingerprint density at radius 3 is 2.62 bits per heavy atom. The molecule has 0 unspecified atom stereocenters. The molecule has 1 amide bonds. The second-order valence-electron chi connectivity index (χ2n) is 5.86. The average molecular weight is 353 g/mol. The SMILES string of the molecule is O=C(CNc1ccc(F)cc1)N1N=C(c2ccco2)C[C@@H]1c1ccco1. The number of benzene rings is 1. The van der Waals surface area contributed by atoms with Crippen LogP contribution in [0.15, 0.2) is 75.0 Å². The molecule has 26 heavy (non-hydrogen) atoms. The fourth-order valence-electron chi connectivity index (χ4n) is 2.86. The maximum absolute atomic E-state index is 13.0. The third-order valence-electron chi connectivity index (χ3n) is 4.13. The lowest BCUT2D eigenvalue weighted by Crippen LogP contribution is -2.32. The van der Waals surface area contributed by atoms with Crippen LogP contribution in [0.1, 0.15) is 24.0 Å². The number of hydrazone groups is 1. The van der Waals surface area contributed by atoms with E-state index in [9.17, 15) is 9.18 Å². The van der Waals surface area contributed by atoms with E-state index in [-0.39, 0.29) is 24.3 Å². The van der Waals surface area contributed by atoms with Gasteiger partial charge in [0.2, 0.25) is 0 Å². The molecule has 1 aromatic carbocycles. The van der Waals surface area contributed by atoms with Gasteiger partial charge in [0.1, 0.15) is 29.1 Å². The van der Waals surface area contributed by atoms with Gasteiger partial charge in [-0.3, -0.25) is 4.79 Å². The Balaban J connectivity index is 1.52. The number of nitrogens with one attached hydrogen (secondary N) is 1. The van der Waals surface area contributed by atoms with Crippen LogP contribution in [0.5, 0.6) is 0 Å². The summed E-state index contributed by atoms with van der Waals surface area (Å²) in [5, 5.41) is 8.83. The molecule has 0 bridgehead atoms. The maximum atomic E-state index is 13.0. The van der Waals surface area contributed by atoms with E-state index in [2.05, 4.69) is 10.4 Å². The molecule has 0 fully saturated rings. The summed E-state index contributed by atoms with van der Waals surface area (Å²) in [5.41, 5.74) is 1.34. The Morgan fingerprint density at radius 1 is 1.15 bits per heavy atom. The molecular formula is C19H16FN3O3. The third-order valence-corrected chi connectivity index (χ3v) is 4.13. The molecule has 4 rings (SSSR count). The summed E-state index contributed by atoms with van der Waals surface area (Å²) in [4.78, 5) is 12.7. The molecule has 132 valence electrons. The molecule has 0 radical (unpaired) electrons. The molecule has 6 nitrogen and oxygen atoms in total.